The molecule has 0 aliphatic carbocycles. The molecule has 0 bridgehead atoms. The summed E-state index contributed by atoms with van der Waals surface area (Å²) in [4.78, 5) is 28.0. The molecule has 1 N–H and O–H groups in total. The number of aromatic amines is 1. The molecule has 0 atom stereocenters. The van der Waals surface area contributed by atoms with Gasteiger partial charge in [0.1, 0.15) is 5.75 Å². The van der Waals surface area contributed by atoms with Gasteiger partial charge in [-0.05, 0) is 23.6 Å². The number of pyridine rings is 1. The Kier molecular flexibility index (Phi) is 2.30. The predicted molar refractivity (Wildman–Crippen MR) is 83.6 cm³/mol. The first kappa shape index (κ1) is 11.9. The van der Waals surface area contributed by atoms with E-state index in [1.54, 1.807) is 37.7 Å². The van der Waals surface area contributed by atoms with Crippen LogP contribution in [0, 0.1) is 0 Å². The molecule has 4 nitrogen and oxygen atoms in total. The minimum Gasteiger partial charge on any atom is -0.496 e. The first-order valence-electron chi connectivity index (χ1n) is 6.58. The molecule has 0 aliphatic heterocycles. The average Bonchev–Trinajstić information content (AvgIpc) is 2.52. The Morgan fingerprint density at radius 2 is 1.76 bits per heavy atom. The average molecular weight is 277 g/mol. The van der Waals surface area contributed by atoms with Crippen LogP contribution in [-0.4, -0.2) is 12.1 Å². The van der Waals surface area contributed by atoms with Crippen LogP contribution >= 0.6 is 0 Å². The van der Waals surface area contributed by atoms with Gasteiger partial charge in [0.25, 0.3) is 0 Å². The lowest BCUT2D eigenvalue weighted by molar-refractivity contribution is 0.420. The Morgan fingerprint density at radius 3 is 2.57 bits per heavy atom. The van der Waals surface area contributed by atoms with Crippen LogP contribution < -0.4 is 15.6 Å². The van der Waals surface area contributed by atoms with Crippen LogP contribution in [0.3, 0.4) is 0 Å². The van der Waals surface area contributed by atoms with Gasteiger partial charge in [0, 0.05) is 33.9 Å². The van der Waals surface area contributed by atoms with Crippen molar-refractivity contribution in [1.82, 2.24) is 4.98 Å². The van der Waals surface area contributed by atoms with Crippen molar-refractivity contribution in [3.8, 4) is 5.75 Å². The van der Waals surface area contributed by atoms with E-state index >= 15 is 0 Å². The molecule has 3 aromatic carbocycles. The van der Waals surface area contributed by atoms with E-state index in [0.717, 1.165) is 16.2 Å². The first-order valence-corrected chi connectivity index (χ1v) is 6.58. The SMILES string of the molecule is COc1cccc2c(=O)c3c(=O)ccc4c[nH]cc(c12)c43. The molecule has 102 valence electrons. The molecule has 0 amide bonds. The molecular weight excluding hydrogens is 266 g/mol. The third-order valence-electron chi connectivity index (χ3n) is 3.92. The molecule has 4 aromatic rings. The van der Waals surface area contributed by atoms with E-state index in [1.165, 1.54) is 6.07 Å². The number of fused-ring (bicyclic) bond motifs is 2. The van der Waals surface area contributed by atoms with E-state index in [9.17, 15) is 9.59 Å². The largest absolute Gasteiger partial charge is 0.496 e. The van der Waals surface area contributed by atoms with Crippen LogP contribution in [-0.2, 0) is 0 Å². The maximum Gasteiger partial charge on any atom is 0.198 e. The monoisotopic (exact) mass is 277 g/mol. The fourth-order valence-electron chi connectivity index (χ4n) is 3.02. The molecule has 4 rings (SSSR count). The van der Waals surface area contributed by atoms with Gasteiger partial charge in [0.2, 0.25) is 0 Å². The number of nitrogens with one attached hydrogen (secondary N) is 1. The third kappa shape index (κ3) is 1.44. The van der Waals surface area contributed by atoms with Crippen molar-refractivity contribution in [3.63, 3.8) is 0 Å². The maximum absolute atomic E-state index is 12.7. The molecule has 0 radical (unpaired) electrons. The summed E-state index contributed by atoms with van der Waals surface area (Å²) in [5.74, 6) is 0.628. The molecule has 0 unspecified atom stereocenters. The van der Waals surface area contributed by atoms with Gasteiger partial charge in [-0.25, -0.2) is 0 Å². The Bertz CT molecular complexity index is 1110. The molecule has 0 fully saturated rings. The lowest BCUT2D eigenvalue weighted by Crippen LogP contribution is -2.13. The van der Waals surface area contributed by atoms with Gasteiger partial charge >= 0.3 is 0 Å². The van der Waals surface area contributed by atoms with E-state index in [0.29, 0.717) is 16.5 Å². The number of hydrogen-bond donors (Lipinski definition) is 1. The minimum absolute atomic E-state index is 0.238. The van der Waals surface area contributed by atoms with Gasteiger partial charge in [0.15, 0.2) is 10.9 Å². The highest BCUT2D eigenvalue weighted by molar-refractivity contribution is 6.22. The molecule has 0 spiro atoms. The molecule has 1 aromatic heterocycles. The number of hydrogen-bond acceptors (Lipinski definition) is 3. The molecule has 0 saturated carbocycles. The Morgan fingerprint density at radius 1 is 0.905 bits per heavy atom. The summed E-state index contributed by atoms with van der Waals surface area (Å²) in [6.45, 7) is 0. The molecule has 4 heteroatoms. The van der Waals surface area contributed by atoms with Crippen molar-refractivity contribution < 1.29 is 4.74 Å². The van der Waals surface area contributed by atoms with Crippen LogP contribution in [0.5, 0.6) is 5.75 Å². The van der Waals surface area contributed by atoms with Crippen molar-refractivity contribution in [3.05, 3.63) is 63.2 Å². The maximum atomic E-state index is 12.7. The fraction of sp³-hybridized carbons (Fsp3) is 0.0588. The Labute approximate surface area is 118 Å². The third-order valence-corrected chi connectivity index (χ3v) is 3.92. The summed E-state index contributed by atoms with van der Waals surface area (Å²) in [5, 5.41) is 3.86. The molecular formula is C17H11NO3. The highest BCUT2D eigenvalue weighted by atomic mass is 16.5. The fourth-order valence-corrected chi connectivity index (χ4v) is 3.02. The number of rotatable bonds is 1. The summed E-state index contributed by atoms with van der Waals surface area (Å²) >= 11 is 0. The van der Waals surface area contributed by atoms with Crippen molar-refractivity contribution in [2.24, 2.45) is 0 Å². The van der Waals surface area contributed by atoms with Gasteiger partial charge in [-0.2, -0.15) is 0 Å². The van der Waals surface area contributed by atoms with E-state index in [4.69, 9.17) is 4.74 Å². The molecule has 0 saturated heterocycles. The van der Waals surface area contributed by atoms with Gasteiger partial charge in [-0.15, -0.1) is 0 Å². The van der Waals surface area contributed by atoms with E-state index < -0.39 is 0 Å². The zero-order valence-corrected chi connectivity index (χ0v) is 11.3. The lowest BCUT2D eigenvalue weighted by atomic mass is 9.96. The van der Waals surface area contributed by atoms with Crippen molar-refractivity contribution >= 4 is 32.3 Å². The van der Waals surface area contributed by atoms with Crippen molar-refractivity contribution in [2.75, 3.05) is 7.11 Å². The second-order valence-electron chi connectivity index (χ2n) is 4.98. The summed E-state index contributed by atoms with van der Waals surface area (Å²) in [6.07, 6.45) is 3.59. The highest BCUT2D eigenvalue weighted by Crippen LogP contribution is 2.33. The lowest BCUT2D eigenvalue weighted by Gasteiger charge is -2.11. The minimum atomic E-state index is -0.242. The van der Waals surface area contributed by atoms with Gasteiger partial charge < -0.3 is 9.72 Å². The van der Waals surface area contributed by atoms with Crippen LogP contribution in [0.15, 0.2) is 52.3 Å². The van der Waals surface area contributed by atoms with Crippen molar-refractivity contribution in [2.45, 2.75) is 0 Å². The topological polar surface area (TPSA) is 59.2 Å². The van der Waals surface area contributed by atoms with Gasteiger partial charge in [-0.1, -0.05) is 12.1 Å². The second-order valence-corrected chi connectivity index (χ2v) is 4.98. The van der Waals surface area contributed by atoms with Gasteiger partial charge in [0.05, 0.1) is 12.5 Å². The summed E-state index contributed by atoms with van der Waals surface area (Å²) in [6, 6.07) is 8.48. The zero-order chi connectivity index (χ0) is 14.6. The quantitative estimate of drug-likeness (QED) is 0.430. The van der Waals surface area contributed by atoms with Crippen LogP contribution in [0.4, 0.5) is 0 Å². The normalized spacial score (nSPS) is 11.5. The molecule has 1 heterocycles. The first-order chi connectivity index (χ1) is 10.2. The number of ether oxygens (including phenoxy) is 1. The summed E-state index contributed by atoms with van der Waals surface area (Å²) in [5.41, 5.74) is -0.480. The van der Waals surface area contributed by atoms with Crippen LogP contribution in [0.1, 0.15) is 0 Å². The Hall–Kier alpha value is -2.88. The second kappa shape index (κ2) is 4.06. The predicted octanol–water partition coefficient (Wildman–Crippen LogP) is 2.64. The van der Waals surface area contributed by atoms with E-state index in [1.807, 2.05) is 6.07 Å². The Balaban J connectivity index is 2.52. The number of benzene rings is 3. The smallest absolute Gasteiger partial charge is 0.198 e. The highest BCUT2D eigenvalue weighted by Gasteiger charge is 2.16. The summed E-state index contributed by atoms with van der Waals surface area (Å²) in [7, 11) is 1.57. The van der Waals surface area contributed by atoms with E-state index in [2.05, 4.69) is 4.98 Å². The zero-order valence-electron chi connectivity index (χ0n) is 11.3. The van der Waals surface area contributed by atoms with E-state index in [-0.39, 0.29) is 16.2 Å². The number of methoxy groups -OCH3 is 1. The number of H-pyrrole nitrogens is 1. The van der Waals surface area contributed by atoms with Crippen LogP contribution in [0.25, 0.3) is 32.3 Å². The van der Waals surface area contributed by atoms with Crippen molar-refractivity contribution in [1.29, 1.82) is 0 Å². The molecule has 0 aliphatic rings. The standard InChI is InChI=1S/C17H11NO3/c1-21-13-4-2-3-10-15(13)11-8-18-7-9-5-6-12(19)16(14(9)11)17(10)20/h2-8,18H,1H3. The number of aromatic nitrogens is 1. The van der Waals surface area contributed by atoms with Gasteiger partial charge in [-0.3, -0.25) is 9.59 Å². The molecule has 21 heavy (non-hydrogen) atoms. The summed E-state index contributed by atoms with van der Waals surface area (Å²) < 4.78 is 5.39. The van der Waals surface area contributed by atoms with Crippen LogP contribution in [0.2, 0.25) is 0 Å².